The minimum atomic E-state index is -0.123. The van der Waals surface area contributed by atoms with E-state index in [-0.39, 0.29) is 24.0 Å². The van der Waals surface area contributed by atoms with Crippen LogP contribution >= 0.6 is 0 Å². The molecule has 0 aromatic carbocycles. The number of hydrogen-bond donors (Lipinski definition) is 2. The predicted molar refractivity (Wildman–Crippen MR) is 75.9 cm³/mol. The van der Waals surface area contributed by atoms with Crippen LogP contribution in [0, 0.1) is 11.3 Å². The Bertz CT molecular complexity index is 267. The summed E-state index contributed by atoms with van der Waals surface area (Å²) in [7, 11) is 0. The highest BCUT2D eigenvalue weighted by atomic mass is 16.5. The number of nitrogens with one attached hydrogen (secondary N) is 1. The second kappa shape index (κ2) is 7.85. The van der Waals surface area contributed by atoms with Gasteiger partial charge in [0.15, 0.2) is 0 Å². The number of aliphatic hydroxyl groups excluding tert-OH is 1. The Labute approximate surface area is 116 Å². The lowest BCUT2D eigenvalue weighted by Gasteiger charge is -2.26. The van der Waals surface area contributed by atoms with Gasteiger partial charge < -0.3 is 15.2 Å². The van der Waals surface area contributed by atoms with Gasteiger partial charge in [0.25, 0.3) is 0 Å². The van der Waals surface area contributed by atoms with E-state index < -0.39 is 0 Å². The molecule has 4 nitrogen and oxygen atoms in total. The van der Waals surface area contributed by atoms with Gasteiger partial charge in [-0.25, -0.2) is 0 Å². The summed E-state index contributed by atoms with van der Waals surface area (Å²) >= 11 is 0. The van der Waals surface area contributed by atoms with Crippen molar-refractivity contribution in [1.82, 2.24) is 5.32 Å². The lowest BCUT2D eigenvalue weighted by atomic mass is 9.88. The van der Waals surface area contributed by atoms with Crippen LogP contribution in [0.3, 0.4) is 0 Å². The molecule has 0 aromatic heterocycles. The maximum atomic E-state index is 11.9. The zero-order valence-corrected chi connectivity index (χ0v) is 12.6. The second-order valence-electron chi connectivity index (χ2n) is 6.81. The smallest absolute Gasteiger partial charge is 0.220 e. The van der Waals surface area contributed by atoms with Gasteiger partial charge in [0.2, 0.25) is 5.91 Å². The van der Waals surface area contributed by atoms with Crippen molar-refractivity contribution in [3.8, 4) is 0 Å². The number of carbonyl (C=O) groups is 1. The van der Waals surface area contributed by atoms with Gasteiger partial charge in [0, 0.05) is 19.6 Å². The summed E-state index contributed by atoms with van der Waals surface area (Å²) < 4.78 is 5.31. The molecule has 0 bridgehead atoms. The SMILES string of the molecule is CC(C)(C)CC(CO)NC(=O)CCC1CCOCC1. The van der Waals surface area contributed by atoms with E-state index in [0.717, 1.165) is 38.9 Å². The third kappa shape index (κ3) is 7.53. The van der Waals surface area contributed by atoms with Crippen LogP contribution in [-0.2, 0) is 9.53 Å². The summed E-state index contributed by atoms with van der Waals surface area (Å²) in [6.45, 7) is 8.02. The van der Waals surface area contributed by atoms with Gasteiger partial charge in [-0.15, -0.1) is 0 Å². The normalized spacial score (nSPS) is 19.2. The average molecular weight is 271 g/mol. The third-order valence-electron chi connectivity index (χ3n) is 3.56. The molecule has 0 spiro atoms. The summed E-state index contributed by atoms with van der Waals surface area (Å²) in [5.41, 5.74) is 0.112. The Morgan fingerprint density at radius 3 is 2.53 bits per heavy atom. The average Bonchev–Trinajstić information content (AvgIpc) is 2.35. The lowest BCUT2D eigenvalue weighted by Crippen LogP contribution is -2.40. The lowest BCUT2D eigenvalue weighted by molar-refractivity contribution is -0.122. The number of ether oxygens (including phenoxy) is 1. The van der Waals surface area contributed by atoms with Crippen molar-refractivity contribution in [2.45, 2.75) is 58.9 Å². The van der Waals surface area contributed by atoms with E-state index in [9.17, 15) is 9.90 Å². The zero-order valence-electron chi connectivity index (χ0n) is 12.6. The maximum Gasteiger partial charge on any atom is 0.220 e. The quantitative estimate of drug-likeness (QED) is 0.778. The van der Waals surface area contributed by atoms with E-state index in [1.165, 1.54) is 0 Å². The van der Waals surface area contributed by atoms with Crippen molar-refractivity contribution >= 4 is 5.91 Å². The molecular weight excluding hydrogens is 242 g/mol. The van der Waals surface area contributed by atoms with Crippen molar-refractivity contribution in [3.63, 3.8) is 0 Å². The van der Waals surface area contributed by atoms with Gasteiger partial charge in [-0.3, -0.25) is 4.79 Å². The monoisotopic (exact) mass is 271 g/mol. The highest BCUT2D eigenvalue weighted by Crippen LogP contribution is 2.22. The van der Waals surface area contributed by atoms with Gasteiger partial charge in [-0.2, -0.15) is 0 Å². The topological polar surface area (TPSA) is 58.6 Å². The predicted octanol–water partition coefficient (Wildman–Crippen LogP) is 2.11. The molecule has 1 amide bonds. The van der Waals surface area contributed by atoms with E-state index in [1.807, 2.05) is 0 Å². The number of aliphatic hydroxyl groups is 1. The molecule has 0 radical (unpaired) electrons. The summed E-state index contributed by atoms with van der Waals surface area (Å²) in [6.07, 6.45) is 4.43. The number of hydrogen-bond acceptors (Lipinski definition) is 3. The zero-order chi connectivity index (χ0) is 14.3. The van der Waals surface area contributed by atoms with E-state index in [4.69, 9.17) is 4.74 Å². The van der Waals surface area contributed by atoms with E-state index >= 15 is 0 Å². The first-order valence-corrected chi connectivity index (χ1v) is 7.38. The standard InChI is InChI=1S/C15H29NO3/c1-15(2,3)10-13(11-17)16-14(18)5-4-12-6-8-19-9-7-12/h12-13,17H,4-11H2,1-3H3,(H,16,18). The summed E-state index contributed by atoms with van der Waals surface area (Å²) in [4.78, 5) is 11.9. The molecule has 1 aliphatic heterocycles. The van der Waals surface area contributed by atoms with Gasteiger partial charge in [0.05, 0.1) is 12.6 Å². The minimum Gasteiger partial charge on any atom is -0.394 e. The highest BCUT2D eigenvalue weighted by Gasteiger charge is 2.20. The molecule has 1 heterocycles. The highest BCUT2D eigenvalue weighted by molar-refractivity contribution is 5.76. The van der Waals surface area contributed by atoms with Gasteiger partial charge >= 0.3 is 0 Å². The third-order valence-corrected chi connectivity index (χ3v) is 3.56. The first-order chi connectivity index (χ1) is 8.90. The Balaban J connectivity index is 2.24. The Morgan fingerprint density at radius 2 is 2.00 bits per heavy atom. The van der Waals surface area contributed by atoms with Crippen LogP contribution in [0.1, 0.15) is 52.9 Å². The maximum absolute atomic E-state index is 11.9. The molecule has 1 aliphatic rings. The summed E-state index contributed by atoms with van der Waals surface area (Å²) in [5.74, 6) is 0.685. The molecule has 1 fully saturated rings. The molecule has 1 atom stereocenters. The Hall–Kier alpha value is -0.610. The molecule has 1 rings (SSSR count). The molecule has 0 aromatic rings. The van der Waals surface area contributed by atoms with Gasteiger partial charge in [-0.1, -0.05) is 20.8 Å². The van der Waals surface area contributed by atoms with Crippen LogP contribution in [-0.4, -0.2) is 36.9 Å². The molecule has 19 heavy (non-hydrogen) atoms. The minimum absolute atomic E-state index is 0.0142. The largest absolute Gasteiger partial charge is 0.394 e. The first kappa shape index (κ1) is 16.4. The van der Waals surface area contributed by atoms with Crippen LogP contribution in [0.5, 0.6) is 0 Å². The van der Waals surface area contributed by atoms with Crippen LogP contribution in [0.15, 0.2) is 0 Å². The fourth-order valence-electron chi connectivity index (χ4n) is 2.57. The summed E-state index contributed by atoms with van der Waals surface area (Å²) in [6, 6.07) is -0.123. The van der Waals surface area contributed by atoms with Crippen molar-refractivity contribution in [3.05, 3.63) is 0 Å². The van der Waals surface area contributed by atoms with E-state index in [1.54, 1.807) is 0 Å². The Morgan fingerprint density at radius 1 is 1.37 bits per heavy atom. The van der Waals surface area contributed by atoms with Crippen LogP contribution in [0.2, 0.25) is 0 Å². The summed E-state index contributed by atoms with van der Waals surface area (Å²) in [5, 5.41) is 12.3. The Kier molecular flexibility index (Phi) is 6.80. The molecule has 2 N–H and O–H groups in total. The van der Waals surface area contributed by atoms with Crippen molar-refractivity contribution in [1.29, 1.82) is 0 Å². The van der Waals surface area contributed by atoms with Crippen molar-refractivity contribution in [2.75, 3.05) is 19.8 Å². The number of amides is 1. The molecule has 1 saturated heterocycles. The van der Waals surface area contributed by atoms with Gasteiger partial charge in [0.1, 0.15) is 0 Å². The molecule has 4 heteroatoms. The fraction of sp³-hybridized carbons (Fsp3) is 0.933. The molecular formula is C15H29NO3. The van der Waals surface area contributed by atoms with E-state index in [0.29, 0.717) is 12.3 Å². The van der Waals surface area contributed by atoms with Crippen molar-refractivity contribution in [2.24, 2.45) is 11.3 Å². The fourth-order valence-corrected chi connectivity index (χ4v) is 2.57. The molecule has 0 saturated carbocycles. The molecule has 0 aliphatic carbocycles. The molecule has 1 unspecified atom stereocenters. The van der Waals surface area contributed by atoms with Gasteiger partial charge in [-0.05, 0) is 37.0 Å². The van der Waals surface area contributed by atoms with Crippen LogP contribution < -0.4 is 5.32 Å². The number of carbonyl (C=O) groups excluding carboxylic acids is 1. The van der Waals surface area contributed by atoms with E-state index in [2.05, 4.69) is 26.1 Å². The number of rotatable bonds is 6. The first-order valence-electron chi connectivity index (χ1n) is 7.38. The van der Waals surface area contributed by atoms with Crippen LogP contribution in [0.25, 0.3) is 0 Å². The van der Waals surface area contributed by atoms with Crippen molar-refractivity contribution < 1.29 is 14.6 Å². The molecule has 112 valence electrons. The second-order valence-corrected chi connectivity index (χ2v) is 6.81. The van der Waals surface area contributed by atoms with Crippen LogP contribution in [0.4, 0.5) is 0 Å².